The van der Waals surface area contributed by atoms with Gasteiger partial charge in [-0.25, -0.2) is 0 Å². The van der Waals surface area contributed by atoms with Gasteiger partial charge in [-0.3, -0.25) is 9.59 Å². The number of carbonyl (C=O) groups is 2. The van der Waals surface area contributed by atoms with E-state index in [9.17, 15) is 9.59 Å². The van der Waals surface area contributed by atoms with Gasteiger partial charge in [0, 0.05) is 48.5 Å². The molecule has 1 aromatic heterocycles. The summed E-state index contributed by atoms with van der Waals surface area (Å²) in [6, 6.07) is 10.1. The van der Waals surface area contributed by atoms with Gasteiger partial charge in [0.1, 0.15) is 0 Å². The molecule has 2 heterocycles. The topological polar surface area (TPSA) is 43.9 Å². The molecule has 0 atom stereocenters. The quantitative estimate of drug-likeness (QED) is 0.693. The van der Waals surface area contributed by atoms with Gasteiger partial charge in [0.25, 0.3) is 5.91 Å². The van der Waals surface area contributed by atoms with E-state index in [1.807, 2.05) is 39.4 Å². The highest BCUT2D eigenvalue weighted by Crippen LogP contribution is 2.26. The summed E-state index contributed by atoms with van der Waals surface area (Å²) in [4.78, 5) is 33.9. The van der Waals surface area contributed by atoms with E-state index in [0.717, 1.165) is 42.7 Å². The minimum atomic E-state index is 0.0680. The number of thiophene rings is 1. The van der Waals surface area contributed by atoms with E-state index in [1.54, 1.807) is 11.3 Å². The van der Waals surface area contributed by atoms with Crippen LogP contribution < -0.4 is 4.90 Å². The van der Waals surface area contributed by atoms with E-state index >= 15 is 0 Å². The number of hydrogen-bond donors (Lipinski definition) is 0. The van der Waals surface area contributed by atoms with Crippen molar-refractivity contribution in [1.82, 2.24) is 9.80 Å². The first-order valence-corrected chi connectivity index (χ1v) is 12.2. The molecule has 3 rings (SSSR count). The first kappa shape index (κ1) is 23.5. The normalized spacial score (nSPS) is 16.2. The number of carbonyl (C=O) groups excluding carboxylic acids is 2. The zero-order valence-corrected chi connectivity index (χ0v) is 20.1. The Kier molecular flexibility index (Phi) is 8.27. The summed E-state index contributed by atoms with van der Waals surface area (Å²) in [5, 5.41) is 1.97. The fourth-order valence-corrected chi connectivity index (χ4v) is 4.78. The van der Waals surface area contributed by atoms with Crippen LogP contribution in [0.5, 0.6) is 0 Å². The molecule has 1 aliphatic rings. The third kappa shape index (κ3) is 6.17. The zero-order valence-electron chi connectivity index (χ0n) is 19.3. The maximum atomic E-state index is 13.4. The number of aryl methyl sites for hydroxylation is 1. The SMILES string of the molecule is CCc1cc(C(=O)N2CCN(C)CCCN(C(=O)CC(C)C)c3ccccc3C2)cs1. The summed E-state index contributed by atoms with van der Waals surface area (Å²) >= 11 is 1.65. The van der Waals surface area contributed by atoms with Crippen molar-refractivity contribution in [2.75, 3.05) is 38.1 Å². The van der Waals surface area contributed by atoms with Gasteiger partial charge < -0.3 is 14.7 Å². The van der Waals surface area contributed by atoms with Crippen molar-refractivity contribution >= 4 is 28.8 Å². The van der Waals surface area contributed by atoms with Crippen LogP contribution in [0.3, 0.4) is 0 Å². The maximum absolute atomic E-state index is 13.4. The van der Waals surface area contributed by atoms with Crippen LogP contribution in [0.15, 0.2) is 35.7 Å². The van der Waals surface area contributed by atoms with Crippen molar-refractivity contribution in [2.24, 2.45) is 5.92 Å². The second-order valence-corrected chi connectivity index (χ2v) is 9.81. The van der Waals surface area contributed by atoms with Crippen LogP contribution in [0, 0.1) is 5.92 Å². The monoisotopic (exact) mass is 441 g/mol. The second kappa shape index (κ2) is 10.9. The Morgan fingerprint density at radius 3 is 2.58 bits per heavy atom. The number of rotatable bonds is 4. The molecule has 0 saturated carbocycles. The number of nitrogens with zero attached hydrogens (tertiary/aromatic N) is 3. The molecule has 2 amide bonds. The van der Waals surface area contributed by atoms with Gasteiger partial charge in [-0.05, 0) is 50.0 Å². The Morgan fingerprint density at radius 1 is 1.10 bits per heavy atom. The van der Waals surface area contributed by atoms with E-state index in [2.05, 4.69) is 38.8 Å². The predicted octanol–water partition coefficient (Wildman–Crippen LogP) is 4.67. The Balaban J connectivity index is 1.94. The van der Waals surface area contributed by atoms with Gasteiger partial charge in [-0.15, -0.1) is 11.3 Å². The molecule has 6 heteroatoms. The van der Waals surface area contributed by atoms with E-state index in [1.165, 1.54) is 4.88 Å². The molecule has 2 aromatic rings. The van der Waals surface area contributed by atoms with Gasteiger partial charge in [-0.1, -0.05) is 39.0 Å². The zero-order chi connectivity index (χ0) is 22.4. The lowest BCUT2D eigenvalue weighted by molar-refractivity contribution is -0.119. The number of benzene rings is 1. The van der Waals surface area contributed by atoms with Crippen LogP contribution in [0.4, 0.5) is 5.69 Å². The summed E-state index contributed by atoms with van der Waals surface area (Å²) in [7, 11) is 2.09. The Labute approximate surface area is 190 Å². The molecule has 0 saturated heterocycles. The molecule has 0 spiro atoms. The fourth-order valence-electron chi connectivity index (χ4n) is 3.97. The predicted molar refractivity (Wildman–Crippen MR) is 129 cm³/mol. The average Bonchev–Trinajstić information content (AvgIpc) is 3.21. The van der Waals surface area contributed by atoms with Crippen molar-refractivity contribution in [3.05, 3.63) is 51.7 Å². The first-order valence-electron chi connectivity index (χ1n) is 11.3. The molecular formula is C25H35N3O2S. The Hall–Kier alpha value is -2.18. The molecule has 1 aliphatic heterocycles. The van der Waals surface area contributed by atoms with Crippen molar-refractivity contribution in [3.8, 4) is 0 Å². The minimum absolute atomic E-state index is 0.0680. The number of anilines is 1. The largest absolute Gasteiger partial charge is 0.333 e. The molecule has 0 bridgehead atoms. The van der Waals surface area contributed by atoms with Crippen LogP contribution in [-0.2, 0) is 17.8 Å². The van der Waals surface area contributed by atoms with E-state index in [4.69, 9.17) is 0 Å². The third-order valence-electron chi connectivity index (χ3n) is 5.74. The molecule has 0 unspecified atom stereocenters. The smallest absolute Gasteiger partial charge is 0.255 e. The van der Waals surface area contributed by atoms with Crippen molar-refractivity contribution in [1.29, 1.82) is 0 Å². The molecular weight excluding hydrogens is 406 g/mol. The molecule has 0 N–H and O–H groups in total. The van der Waals surface area contributed by atoms with Gasteiger partial charge >= 0.3 is 0 Å². The third-order valence-corrected chi connectivity index (χ3v) is 6.82. The van der Waals surface area contributed by atoms with Crippen LogP contribution >= 0.6 is 11.3 Å². The number of amides is 2. The van der Waals surface area contributed by atoms with E-state index < -0.39 is 0 Å². The summed E-state index contributed by atoms with van der Waals surface area (Å²) in [6.07, 6.45) is 2.38. The Morgan fingerprint density at radius 2 is 1.87 bits per heavy atom. The van der Waals surface area contributed by atoms with Gasteiger partial charge in [0.2, 0.25) is 5.91 Å². The molecule has 0 aliphatic carbocycles. The Bertz CT molecular complexity index is 892. The highest BCUT2D eigenvalue weighted by atomic mass is 32.1. The molecule has 31 heavy (non-hydrogen) atoms. The second-order valence-electron chi connectivity index (χ2n) is 8.81. The highest BCUT2D eigenvalue weighted by molar-refractivity contribution is 7.10. The van der Waals surface area contributed by atoms with Crippen molar-refractivity contribution in [2.45, 2.75) is 46.6 Å². The van der Waals surface area contributed by atoms with Crippen LogP contribution in [0.25, 0.3) is 0 Å². The molecule has 0 fully saturated rings. The number of fused-ring (bicyclic) bond motifs is 1. The molecule has 5 nitrogen and oxygen atoms in total. The molecule has 168 valence electrons. The maximum Gasteiger partial charge on any atom is 0.255 e. The number of para-hydroxylation sites is 1. The fraction of sp³-hybridized carbons (Fsp3) is 0.520. The summed E-state index contributed by atoms with van der Waals surface area (Å²) in [5.74, 6) is 0.538. The van der Waals surface area contributed by atoms with Crippen LogP contribution in [-0.4, -0.2) is 54.8 Å². The first-order chi connectivity index (χ1) is 14.9. The number of likely N-dealkylation sites (N-methyl/N-ethyl adjacent to an activating group) is 1. The average molecular weight is 442 g/mol. The number of hydrogen-bond acceptors (Lipinski definition) is 4. The lowest BCUT2D eigenvalue weighted by Crippen LogP contribution is -2.37. The lowest BCUT2D eigenvalue weighted by Gasteiger charge is -2.28. The van der Waals surface area contributed by atoms with Gasteiger partial charge in [0.05, 0.1) is 5.56 Å². The summed E-state index contributed by atoms with van der Waals surface area (Å²) in [5.41, 5.74) is 2.74. The van der Waals surface area contributed by atoms with Gasteiger partial charge in [0.15, 0.2) is 0 Å². The minimum Gasteiger partial charge on any atom is -0.333 e. The highest BCUT2D eigenvalue weighted by Gasteiger charge is 2.24. The van der Waals surface area contributed by atoms with Crippen LogP contribution in [0.1, 0.15) is 54.4 Å². The summed E-state index contributed by atoms with van der Waals surface area (Å²) < 4.78 is 0. The molecule has 1 aromatic carbocycles. The van der Waals surface area contributed by atoms with Crippen molar-refractivity contribution < 1.29 is 9.59 Å². The summed E-state index contributed by atoms with van der Waals surface area (Å²) in [6.45, 7) is 9.86. The van der Waals surface area contributed by atoms with E-state index in [-0.39, 0.29) is 11.8 Å². The lowest BCUT2D eigenvalue weighted by atomic mass is 10.1. The van der Waals surface area contributed by atoms with Gasteiger partial charge in [-0.2, -0.15) is 0 Å². The molecule has 0 radical (unpaired) electrons. The van der Waals surface area contributed by atoms with Crippen LogP contribution in [0.2, 0.25) is 0 Å². The van der Waals surface area contributed by atoms with Crippen molar-refractivity contribution in [3.63, 3.8) is 0 Å². The van der Waals surface area contributed by atoms with E-state index in [0.29, 0.717) is 32.0 Å². The standard InChI is InChI=1S/C25H35N3O2S/c1-5-22-16-21(18-31-22)25(30)27-14-13-26(4)11-8-12-28(24(29)15-19(2)3)23-10-7-6-9-20(23)17-27/h6-7,9-10,16,18-19H,5,8,11-15,17H2,1-4H3.